The van der Waals surface area contributed by atoms with Crippen LogP contribution in [-0.4, -0.2) is 24.9 Å². The van der Waals surface area contributed by atoms with Gasteiger partial charge in [0.1, 0.15) is 5.52 Å². The predicted molar refractivity (Wildman–Crippen MR) is 106 cm³/mol. The minimum absolute atomic E-state index is 0.0669. The summed E-state index contributed by atoms with van der Waals surface area (Å²) >= 11 is 3.22. The lowest BCUT2D eigenvalue weighted by Gasteiger charge is -2.19. The molecule has 0 amide bonds. The van der Waals surface area contributed by atoms with Gasteiger partial charge >= 0.3 is 0 Å². The summed E-state index contributed by atoms with van der Waals surface area (Å²) in [5, 5.41) is 6.89. The molecule has 0 spiro atoms. The van der Waals surface area contributed by atoms with Crippen molar-refractivity contribution in [1.82, 2.24) is 24.9 Å². The average Bonchev–Trinajstić information content (AvgIpc) is 3.36. The number of nitrogens with zero attached hydrogens (tertiary/aromatic N) is 5. The van der Waals surface area contributed by atoms with Crippen LogP contribution in [0.2, 0.25) is 0 Å². The van der Waals surface area contributed by atoms with Crippen LogP contribution >= 0.6 is 22.7 Å². The summed E-state index contributed by atoms with van der Waals surface area (Å²) in [6.45, 7) is 4.16. The van der Waals surface area contributed by atoms with Gasteiger partial charge in [-0.2, -0.15) is 0 Å². The van der Waals surface area contributed by atoms with Crippen molar-refractivity contribution in [3.8, 4) is 0 Å². The average molecular weight is 384 g/mol. The van der Waals surface area contributed by atoms with E-state index in [0.717, 1.165) is 15.3 Å². The van der Waals surface area contributed by atoms with Crippen molar-refractivity contribution < 1.29 is 0 Å². The molecule has 0 bridgehead atoms. The maximum Gasteiger partial charge on any atom is 0.180 e. The van der Waals surface area contributed by atoms with Crippen LogP contribution in [0.5, 0.6) is 0 Å². The molecule has 0 saturated carbocycles. The Morgan fingerprint density at radius 1 is 0.885 bits per heavy atom. The molecule has 2 N–H and O–H groups in total. The van der Waals surface area contributed by atoms with Crippen LogP contribution in [-0.2, 0) is 0 Å². The van der Waals surface area contributed by atoms with Gasteiger partial charge in [0, 0.05) is 28.3 Å². The van der Waals surface area contributed by atoms with Crippen LogP contribution in [0.15, 0.2) is 41.7 Å². The topological polar surface area (TPSA) is 88.5 Å². The van der Waals surface area contributed by atoms with Crippen LogP contribution in [0.3, 0.4) is 0 Å². The quantitative estimate of drug-likeness (QED) is 0.513. The minimum Gasteiger partial charge on any atom is -0.360 e. The highest BCUT2D eigenvalue weighted by Crippen LogP contribution is 2.29. The number of rotatable bonds is 6. The largest absolute Gasteiger partial charge is 0.360 e. The molecule has 26 heavy (non-hydrogen) atoms. The Morgan fingerprint density at radius 2 is 1.50 bits per heavy atom. The summed E-state index contributed by atoms with van der Waals surface area (Å²) in [5.74, 6) is 1.37. The first-order valence-corrected chi connectivity index (χ1v) is 9.89. The van der Waals surface area contributed by atoms with E-state index in [0.29, 0.717) is 17.3 Å². The van der Waals surface area contributed by atoms with Gasteiger partial charge in [0.05, 0.1) is 23.1 Å². The lowest BCUT2D eigenvalue weighted by Crippen LogP contribution is -2.14. The fourth-order valence-electron chi connectivity index (χ4n) is 2.53. The third-order valence-electron chi connectivity index (χ3n) is 3.90. The molecule has 0 aromatic carbocycles. The van der Waals surface area contributed by atoms with Crippen LogP contribution in [0.4, 0.5) is 11.6 Å². The fraction of sp³-hybridized carbons (Fsp3) is 0.235. The number of pyridine rings is 1. The molecule has 0 fully saturated rings. The van der Waals surface area contributed by atoms with E-state index in [9.17, 15) is 0 Å². The smallest absolute Gasteiger partial charge is 0.180 e. The Morgan fingerprint density at radius 3 is 2.08 bits per heavy atom. The Bertz CT molecular complexity index is 905. The fourth-order valence-corrected chi connectivity index (χ4v) is 3.78. The zero-order chi connectivity index (χ0) is 17.9. The summed E-state index contributed by atoms with van der Waals surface area (Å²) in [5.41, 5.74) is 5.02. The highest BCUT2D eigenvalue weighted by molar-refractivity contribution is 7.09. The number of thiazole rings is 2. The second-order valence-electron chi connectivity index (χ2n) is 5.81. The Labute approximate surface area is 158 Å². The molecule has 4 aromatic heterocycles. The third kappa shape index (κ3) is 3.49. The maximum atomic E-state index is 4.73. The number of nitrogens with one attached hydrogen (secondary N) is 2. The monoisotopic (exact) mass is 383 g/mol. The van der Waals surface area contributed by atoms with Gasteiger partial charge in [0.15, 0.2) is 17.3 Å². The number of aromatic nitrogens is 5. The van der Waals surface area contributed by atoms with E-state index in [4.69, 9.17) is 4.98 Å². The lowest BCUT2D eigenvalue weighted by molar-refractivity contribution is 0.870. The van der Waals surface area contributed by atoms with Crippen molar-refractivity contribution in [2.24, 2.45) is 0 Å². The lowest BCUT2D eigenvalue weighted by atomic mass is 10.2. The van der Waals surface area contributed by atoms with Crippen molar-refractivity contribution in [3.05, 3.63) is 51.5 Å². The Hall–Kier alpha value is -2.65. The molecule has 0 aliphatic rings. The first-order valence-electron chi connectivity index (χ1n) is 8.13. The van der Waals surface area contributed by atoms with Gasteiger partial charge in [-0.15, -0.1) is 22.7 Å². The normalized spacial score (nSPS) is 13.5. The van der Waals surface area contributed by atoms with Crippen molar-refractivity contribution in [1.29, 1.82) is 0 Å². The number of hydrogen-bond acceptors (Lipinski definition) is 9. The van der Waals surface area contributed by atoms with E-state index >= 15 is 0 Å². The van der Waals surface area contributed by atoms with E-state index in [1.807, 2.05) is 35.5 Å². The minimum atomic E-state index is 0.0669. The molecule has 4 aromatic rings. The molecule has 132 valence electrons. The van der Waals surface area contributed by atoms with Crippen LogP contribution < -0.4 is 10.6 Å². The second-order valence-corrected chi connectivity index (χ2v) is 7.64. The van der Waals surface area contributed by atoms with E-state index in [1.165, 1.54) is 0 Å². The molecule has 9 heteroatoms. The van der Waals surface area contributed by atoms with Crippen LogP contribution in [0, 0.1) is 0 Å². The predicted octanol–water partition coefficient (Wildman–Crippen LogP) is 4.28. The molecule has 4 rings (SSSR count). The van der Waals surface area contributed by atoms with Crippen molar-refractivity contribution >= 4 is 45.5 Å². The molecule has 0 unspecified atom stereocenters. The van der Waals surface area contributed by atoms with Crippen molar-refractivity contribution in [3.63, 3.8) is 0 Å². The first kappa shape index (κ1) is 16.8. The molecule has 2 atom stereocenters. The van der Waals surface area contributed by atoms with Crippen LogP contribution in [0.1, 0.15) is 35.7 Å². The van der Waals surface area contributed by atoms with Gasteiger partial charge < -0.3 is 10.6 Å². The Balaban J connectivity index is 1.69. The van der Waals surface area contributed by atoms with Crippen molar-refractivity contribution in [2.75, 3.05) is 10.6 Å². The molecular formula is C17H17N7S2. The molecule has 0 aliphatic carbocycles. The first-order chi connectivity index (χ1) is 12.7. The van der Waals surface area contributed by atoms with Gasteiger partial charge in [0.2, 0.25) is 0 Å². The number of fused-ring (bicyclic) bond motifs is 1. The molecule has 0 aliphatic heterocycles. The zero-order valence-electron chi connectivity index (χ0n) is 14.2. The highest BCUT2D eigenvalue weighted by atomic mass is 32.1. The molecule has 0 radical (unpaired) electrons. The molecule has 0 saturated heterocycles. The van der Waals surface area contributed by atoms with E-state index in [1.54, 1.807) is 28.9 Å². The summed E-state index contributed by atoms with van der Waals surface area (Å²) < 4.78 is 0. The summed E-state index contributed by atoms with van der Waals surface area (Å²) in [6.07, 6.45) is 5.45. The van der Waals surface area contributed by atoms with E-state index in [-0.39, 0.29) is 12.1 Å². The summed E-state index contributed by atoms with van der Waals surface area (Å²) in [4.78, 5) is 24.3. The number of hydrogen-bond donors (Lipinski definition) is 2. The van der Waals surface area contributed by atoms with Crippen molar-refractivity contribution in [2.45, 2.75) is 25.9 Å². The van der Waals surface area contributed by atoms with E-state index in [2.05, 4.69) is 44.4 Å². The zero-order valence-corrected chi connectivity index (χ0v) is 15.9. The Kier molecular flexibility index (Phi) is 4.72. The molecular weight excluding hydrogens is 366 g/mol. The van der Waals surface area contributed by atoms with Gasteiger partial charge in [-0.3, -0.25) is 9.97 Å². The summed E-state index contributed by atoms with van der Waals surface area (Å²) in [6, 6.07) is 3.91. The summed E-state index contributed by atoms with van der Waals surface area (Å²) in [7, 11) is 0. The van der Waals surface area contributed by atoms with Gasteiger partial charge in [-0.1, -0.05) is 0 Å². The maximum absolute atomic E-state index is 4.73. The number of anilines is 2. The standard InChI is InChI=1S/C17H17N7S2/c1-10(13-6-18-8-25-13)21-16-17(22-11(2)14-7-19-9-26-14)24-15-12(23-16)4-3-5-20-15/h3-11H,1-2H3,(H,21,23)(H,20,22,24)/t10-,11-/m0/s1. The van der Waals surface area contributed by atoms with Gasteiger partial charge in [-0.25, -0.2) is 15.0 Å². The van der Waals surface area contributed by atoms with Gasteiger partial charge in [-0.05, 0) is 26.0 Å². The molecule has 7 nitrogen and oxygen atoms in total. The second kappa shape index (κ2) is 7.30. The SMILES string of the molecule is C[C@H](Nc1nc2cccnc2nc1N[C@@H](C)c1cncs1)c1cncs1. The third-order valence-corrected chi connectivity index (χ3v) is 5.82. The van der Waals surface area contributed by atoms with Crippen LogP contribution in [0.25, 0.3) is 11.2 Å². The van der Waals surface area contributed by atoms with Gasteiger partial charge in [0.25, 0.3) is 0 Å². The van der Waals surface area contributed by atoms with E-state index < -0.39 is 0 Å². The highest BCUT2D eigenvalue weighted by Gasteiger charge is 2.17. The molecule has 4 heterocycles.